The lowest BCUT2D eigenvalue weighted by Crippen LogP contribution is -2.07. The zero-order valence-electron chi connectivity index (χ0n) is 10.5. The van der Waals surface area contributed by atoms with E-state index in [1.165, 1.54) is 6.33 Å². The van der Waals surface area contributed by atoms with Crippen molar-refractivity contribution in [1.82, 2.24) is 14.8 Å². The molecule has 96 valence electrons. The highest BCUT2D eigenvalue weighted by Gasteiger charge is 2.08. The number of hydrogen-bond acceptors (Lipinski definition) is 5. The SMILES string of the molecule is CCn1ncnc1COc1cc(N)ccc1OC. The first-order chi connectivity index (χ1) is 8.74. The molecular weight excluding hydrogens is 232 g/mol. The van der Waals surface area contributed by atoms with E-state index >= 15 is 0 Å². The second kappa shape index (κ2) is 5.39. The number of nitrogen functional groups attached to an aromatic ring is 1. The Hall–Kier alpha value is -2.24. The smallest absolute Gasteiger partial charge is 0.164 e. The van der Waals surface area contributed by atoms with E-state index < -0.39 is 0 Å². The van der Waals surface area contributed by atoms with E-state index in [-0.39, 0.29) is 0 Å². The van der Waals surface area contributed by atoms with Crippen LogP contribution in [0.3, 0.4) is 0 Å². The zero-order chi connectivity index (χ0) is 13.0. The predicted octanol–water partition coefficient (Wildman–Crippen LogP) is 1.47. The molecule has 0 aliphatic rings. The molecule has 0 fully saturated rings. The molecule has 1 aromatic heterocycles. The number of anilines is 1. The summed E-state index contributed by atoms with van der Waals surface area (Å²) in [5.74, 6) is 2.01. The van der Waals surface area contributed by atoms with Gasteiger partial charge in [0.05, 0.1) is 7.11 Å². The summed E-state index contributed by atoms with van der Waals surface area (Å²) in [6.45, 7) is 3.08. The normalized spacial score (nSPS) is 10.3. The summed E-state index contributed by atoms with van der Waals surface area (Å²) in [6, 6.07) is 5.26. The van der Waals surface area contributed by atoms with Crippen molar-refractivity contribution in [2.24, 2.45) is 0 Å². The standard InChI is InChI=1S/C12H16N4O2/c1-3-16-12(14-8-15-16)7-18-11-6-9(13)4-5-10(11)17-2/h4-6,8H,3,7,13H2,1-2H3. The minimum atomic E-state index is 0.327. The number of benzene rings is 1. The van der Waals surface area contributed by atoms with E-state index in [0.717, 1.165) is 12.4 Å². The molecule has 2 aromatic rings. The fraction of sp³-hybridized carbons (Fsp3) is 0.333. The average Bonchev–Trinajstić information content (AvgIpc) is 2.84. The second-order valence-corrected chi connectivity index (χ2v) is 3.69. The summed E-state index contributed by atoms with van der Waals surface area (Å²) in [5.41, 5.74) is 6.35. The molecule has 1 aromatic carbocycles. The van der Waals surface area contributed by atoms with Gasteiger partial charge in [0.25, 0.3) is 0 Å². The molecule has 0 radical (unpaired) electrons. The van der Waals surface area contributed by atoms with Crippen molar-refractivity contribution in [3.63, 3.8) is 0 Å². The van der Waals surface area contributed by atoms with Crippen molar-refractivity contribution in [2.45, 2.75) is 20.1 Å². The molecule has 6 nitrogen and oxygen atoms in total. The lowest BCUT2D eigenvalue weighted by atomic mass is 10.3. The molecule has 0 atom stereocenters. The Kier molecular flexibility index (Phi) is 3.66. The van der Waals surface area contributed by atoms with Gasteiger partial charge in [-0.1, -0.05) is 0 Å². The van der Waals surface area contributed by atoms with Gasteiger partial charge in [0, 0.05) is 18.3 Å². The van der Waals surface area contributed by atoms with Crippen molar-refractivity contribution in [3.8, 4) is 11.5 Å². The molecular formula is C12H16N4O2. The molecule has 6 heteroatoms. The van der Waals surface area contributed by atoms with Crippen LogP contribution in [0.15, 0.2) is 24.5 Å². The Morgan fingerprint density at radius 2 is 2.17 bits per heavy atom. The van der Waals surface area contributed by atoms with Crippen LogP contribution >= 0.6 is 0 Å². The Bertz CT molecular complexity index is 525. The number of hydrogen-bond donors (Lipinski definition) is 1. The van der Waals surface area contributed by atoms with Crippen molar-refractivity contribution in [1.29, 1.82) is 0 Å². The zero-order valence-corrected chi connectivity index (χ0v) is 10.5. The number of ether oxygens (including phenoxy) is 2. The third-order valence-corrected chi connectivity index (χ3v) is 2.54. The number of methoxy groups -OCH3 is 1. The number of nitrogens with two attached hydrogens (primary N) is 1. The van der Waals surface area contributed by atoms with Crippen LogP contribution in [-0.2, 0) is 13.2 Å². The summed E-state index contributed by atoms with van der Waals surface area (Å²) in [4.78, 5) is 4.13. The number of rotatable bonds is 5. The minimum absolute atomic E-state index is 0.327. The van der Waals surface area contributed by atoms with Crippen LogP contribution in [0.2, 0.25) is 0 Å². The van der Waals surface area contributed by atoms with E-state index in [1.807, 2.05) is 6.92 Å². The maximum Gasteiger partial charge on any atom is 0.164 e. The first-order valence-electron chi connectivity index (χ1n) is 5.67. The monoisotopic (exact) mass is 248 g/mol. The van der Waals surface area contributed by atoms with Crippen LogP contribution in [0, 0.1) is 0 Å². The molecule has 0 bridgehead atoms. The van der Waals surface area contributed by atoms with Gasteiger partial charge in [-0.05, 0) is 19.1 Å². The van der Waals surface area contributed by atoms with Gasteiger partial charge < -0.3 is 15.2 Å². The van der Waals surface area contributed by atoms with Crippen LogP contribution in [0.4, 0.5) is 5.69 Å². The molecule has 0 saturated carbocycles. The van der Waals surface area contributed by atoms with Crippen LogP contribution in [0.1, 0.15) is 12.7 Å². The van der Waals surface area contributed by atoms with E-state index in [2.05, 4.69) is 10.1 Å². The summed E-state index contributed by atoms with van der Waals surface area (Å²) >= 11 is 0. The molecule has 1 heterocycles. The lowest BCUT2D eigenvalue weighted by molar-refractivity contribution is 0.270. The number of nitrogens with zero attached hydrogens (tertiary/aromatic N) is 3. The molecule has 0 spiro atoms. The Morgan fingerprint density at radius 1 is 1.33 bits per heavy atom. The van der Waals surface area contributed by atoms with Gasteiger partial charge in [-0.2, -0.15) is 5.10 Å². The van der Waals surface area contributed by atoms with Gasteiger partial charge in [-0.15, -0.1) is 0 Å². The van der Waals surface area contributed by atoms with E-state index in [4.69, 9.17) is 15.2 Å². The lowest BCUT2D eigenvalue weighted by Gasteiger charge is -2.11. The van der Waals surface area contributed by atoms with Crippen molar-refractivity contribution in [3.05, 3.63) is 30.4 Å². The topological polar surface area (TPSA) is 75.2 Å². The fourth-order valence-corrected chi connectivity index (χ4v) is 1.61. The first kappa shape index (κ1) is 12.2. The van der Waals surface area contributed by atoms with E-state index in [9.17, 15) is 0 Å². The van der Waals surface area contributed by atoms with Crippen molar-refractivity contribution >= 4 is 5.69 Å². The highest BCUT2D eigenvalue weighted by Crippen LogP contribution is 2.29. The quantitative estimate of drug-likeness (QED) is 0.811. The third kappa shape index (κ3) is 2.53. The summed E-state index contributed by atoms with van der Waals surface area (Å²) < 4.78 is 12.6. The molecule has 0 amide bonds. The van der Waals surface area contributed by atoms with Gasteiger partial charge in [0.15, 0.2) is 17.3 Å². The van der Waals surface area contributed by atoms with Gasteiger partial charge in [-0.25, -0.2) is 9.67 Å². The second-order valence-electron chi connectivity index (χ2n) is 3.69. The summed E-state index contributed by atoms with van der Waals surface area (Å²) in [6.07, 6.45) is 1.51. The number of aromatic nitrogens is 3. The van der Waals surface area contributed by atoms with Crippen LogP contribution < -0.4 is 15.2 Å². The average molecular weight is 248 g/mol. The van der Waals surface area contributed by atoms with Crippen molar-refractivity contribution < 1.29 is 9.47 Å². The molecule has 0 unspecified atom stereocenters. The van der Waals surface area contributed by atoms with Gasteiger partial charge in [0.1, 0.15) is 12.9 Å². The summed E-state index contributed by atoms with van der Waals surface area (Å²) in [7, 11) is 1.59. The van der Waals surface area contributed by atoms with Crippen LogP contribution in [0.5, 0.6) is 11.5 Å². The van der Waals surface area contributed by atoms with Crippen LogP contribution in [0.25, 0.3) is 0 Å². The van der Waals surface area contributed by atoms with Gasteiger partial charge in [0.2, 0.25) is 0 Å². The predicted molar refractivity (Wildman–Crippen MR) is 67.4 cm³/mol. The Balaban J connectivity index is 2.12. The molecule has 2 rings (SSSR count). The fourth-order valence-electron chi connectivity index (χ4n) is 1.61. The largest absolute Gasteiger partial charge is 0.493 e. The Morgan fingerprint density at radius 3 is 2.89 bits per heavy atom. The Labute approximate surface area is 105 Å². The van der Waals surface area contributed by atoms with Gasteiger partial charge >= 0.3 is 0 Å². The molecule has 2 N–H and O–H groups in total. The van der Waals surface area contributed by atoms with Crippen LogP contribution in [-0.4, -0.2) is 21.9 Å². The molecule has 0 aliphatic carbocycles. The van der Waals surface area contributed by atoms with Crippen molar-refractivity contribution in [2.75, 3.05) is 12.8 Å². The highest BCUT2D eigenvalue weighted by molar-refractivity contribution is 5.51. The molecule has 0 aliphatic heterocycles. The number of aryl methyl sites for hydroxylation is 1. The molecule has 18 heavy (non-hydrogen) atoms. The maximum atomic E-state index is 5.72. The minimum Gasteiger partial charge on any atom is -0.493 e. The van der Waals surface area contributed by atoms with Gasteiger partial charge in [-0.3, -0.25) is 0 Å². The maximum absolute atomic E-state index is 5.72. The first-order valence-corrected chi connectivity index (χ1v) is 5.67. The molecule has 0 saturated heterocycles. The highest BCUT2D eigenvalue weighted by atomic mass is 16.5. The van der Waals surface area contributed by atoms with E-state index in [1.54, 1.807) is 30.0 Å². The van der Waals surface area contributed by atoms with E-state index in [0.29, 0.717) is 23.8 Å². The third-order valence-electron chi connectivity index (χ3n) is 2.54. The summed E-state index contributed by atoms with van der Waals surface area (Å²) in [5, 5.41) is 4.08.